The van der Waals surface area contributed by atoms with E-state index >= 15 is 0 Å². The molecule has 1 aromatic rings. The molecule has 0 heterocycles. The van der Waals surface area contributed by atoms with Crippen molar-refractivity contribution in [3.05, 3.63) is 46.5 Å². The number of carboxylic acid groups (broad SMARTS) is 1. The Morgan fingerprint density at radius 2 is 1.90 bits per heavy atom. The fourth-order valence-electron chi connectivity index (χ4n) is 1.50. The minimum absolute atomic E-state index is 0.0866. The van der Waals surface area contributed by atoms with Crippen molar-refractivity contribution >= 4 is 11.8 Å². The van der Waals surface area contributed by atoms with Gasteiger partial charge in [-0.05, 0) is 13.8 Å². The fourth-order valence-corrected chi connectivity index (χ4v) is 1.50. The minimum Gasteiger partial charge on any atom is -0.500 e. The summed E-state index contributed by atoms with van der Waals surface area (Å²) >= 11 is 0. The first-order valence-electron chi connectivity index (χ1n) is 5.55. The Hall–Kier alpha value is -2.31. The summed E-state index contributed by atoms with van der Waals surface area (Å²) in [7, 11) is 0. The van der Waals surface area contributed by atoms with Crippen molar-refractivity contribution in [1.82, 2.24) is 0 Å². The van der Waals surface area contributed by atoms with Crippen LogP contribution in [0.25, 0.3) is 0 Å². The van der Waals surface area contributed by atoms with E-state index in [-0.39, 0.29) is 12.7 Å². The van der Waals surface area contributed by atoms with Crippen molar-refractivity contribution in [2.24, 2.45) is 0 Å². The van der Waals surface area contributed by atoms with Gasteiger partial charge in [-0.1, -0.05) is 0 Å². The third-order valence-electron chi connectivity index (χ3n) is 2.48. The molecule has 4 nitrogen and oxygen atoms in total. The summed E-state index contributed by atoms with van der Waals surface area (Å²) in [5.41, 5.74) is -2.31. The monoisotopic (exact) mass is 288 g/mol. The summed E-state index contributed by atoms with van der Waals surface area (Å²) in [5, 5.41) is 8.88. The molecule has 0 bridgehead atoms. The van der Waals surface area contributed by atoms with Crippen molar-refractivity contribution in [2.75, 3.05) is 6.61 Å². The summed E-state index contributed by atoms with van der Waals surface area (Å²) in [4.78, 5) is 22.9. The summed E-state index contributed by atoms with van der Waals surface area (Å²) in [5.74, 6) is -7.15. The highest BCUT2D eigenvalue weighted by Gasteiger charge is 2.27. The van der Waals surface area contributed by atoms with E-state index in [9.17, 15) is 22.8 Å². The molecule has 0 aliphatic heterocycles. The van der Waals surface area contributed by atoms with Gasteiger partial charge in [0.05, 0.1) is 12.2 Å². The van der Waals surface area contributed by atoms with Crippen LogP contribution in [-0.4, -0.2) is 23.5 Å². The lowest BCUT2D eigenvalue weighted by molar-refractivity contribution is -0.132. The maximum absolute atomic E-state index is 13.6. The van der Waals surface area contributed by atoms with Crippen LogP contribution in [0.4, 0.5) is 13.2 Å². The maximum Gasteiger partial charge on any atom is 0.342 e. The van der Waals surface area contributed by atoms with Gasteiger partial charge in [0.25, 0.3) is 0 Å². The molecule has 1 aromatic carbocycles. The first-order chi connectivity index (χ1) is 9.31. The van der Waals surface area contributed by atoms with E-state index in [1.165, 1.54) is 0 Å². The Kier molecular flexibility index (Phi) is 4.90. The smallest absolute Gasteiger partial charge is 0.342 e. The topological polar surface area (TPSA) is 63.6 Å². The molecule has 0 unspecified atom stereocenters. The van der Waals surface area contributed by atoms with E-state index in [0.717, 1.165) is 6.92 Å². The molecule has 108 valence electrons. The van der Waals surface area contributed by atoms with Gasteiger partial charge in [0.1, 0.15) is 17.7 Å². The van der Waals surface area contributed by atoms with Gasteiger partial charge in [0, 0.05) is 11.6 Å². The molecule has 0 aliphatic carbocycles. The van der Waals surface area contributed by atoms with Crippen LogP contribution in [0.5, 0.6) is 0 Å². The Morgan fingerprint density at radius 3 is 2.40 bits per heavy atom. The Balaban J connectivity index is 3.40. The first kappa shape index (κ1) is 15.7. The number of rotatable bonds is 5. The number of benzene rings is 1. The second kappa shape index (κ2) is 6.23. The molecule has 0 amide bonds. The van der Waals surface area contributed by atoms with Crippen LogP contribution >= 0.6 is 0 Å². The molecular formula is C13H11F3O4. The van der Waals surface area contributed by atoms with E-state index in [2.05, 4.69) is 4.74 Å². The first-order valence-corrected chi connectivity index (χ1v) is 5.55. The Morgan fingerprint density at radius 1 is 1.30 bits per heavy atom. The van der Waals surface area contributed by atoms with E-state index in [1.54, 1.807) is 6.92 Å². The average Bonchev–Trinajstić information content (AvgIpc) is 2.36. The van der Waals surface area contributed by atoms with E-state index < -0.39 is 45.9 Å². The normalized spacial score (nSPS) is 11.3. The summed E-state index contributed by atoms with van der Waals surface area (Å²) in [6.07, 6.45) is 0.644. The number of aliphatic carboxylic acids is 1. The SMILES string of the molecule is CCO/C=C(\C(=O)O)C(=O)c1c(F)cc(F)c(F)c1C. The number of Topliss-reactive ketones (excluding diaryl/α,β-unsaturated/α-hetero) is 1. The zero-order valence-corrected chi connectivity index (χ0v) is 10.7. The number of ether oxygens (including phenoxy) is 1. The van der Waals surface area contributed by atoms with Gasteiger partial charge in [-0.25, -0.2) is 18.0 Å². The number of ketones is 1. The lowest BCUT2D eigenvalue weighted by Gasteiger charge is -2.09. The second-order valence-electron chi connectivity index (χ2n) is 3.78. The molecule has 0 atom stereocenters. The van der Waals surface area contributed by atoms with Gasteiger partial charge in [0.2, 0.25) is 5.78 Å². The number of carbonyl (C=O) groups is 2. The summed E-state index contributed by atoms with van der Waals surface area (Å²) in [6, 6.07) is 0.190. The van der Waals surface area contributed by atoms with Gasteiger partial charge in [0.15, 0.2) is 11.6 Å². The Bertz CT molecular complexity index is 594. The van der Waals surface area contributed by atoms with Crippen molar-refractivity contribution < 1.29 is 32.6 Å². The molecule has 7 heteroatoms. The van der Waals surface area contributed by atoms with Crippen LogP contribution in [0.1, 0.15) is 22.8 Å². The molecular weight excluding hydrogens is 277 g/mol. The van der Waals surface area contributed by atoms with E-state index in [1.807, 2.05) is 0 Å². The predicted molar refractivity (Wildman–Crippen MR) is 62.7 cm³/mol. The Labute approximate surface area is 112 Å². The molecule has 0 saturated carbocycles. The van der Waals surface area contributed by atoms with Crippen molar-refractivity contribution in [1.29, 1.82) is 0 Å². The molecule has 1 rings (SSSR count). The third kappa shape index (κ3) is 2.98. The minimum atomic E-state index is -1.66. The molecule has 0 aromatic heterocycles. The quantitative estimate of drug-likeness (QED) is 0.226. The van der Waals surface area contributed by atoms with Crippen LogP contribution in [0.2, 0.25) is 0 Å². The fraction of sp³-hybridized carbons (Fsp3) is 0.231. The van der Waals surface area contributed by atoms with Gasteiger partial charge < -0.3 is 9.84 Å². The van der Waals surface area contributed by atoms with E-state index in [4.69, 9.17) is 5.11 Å². The second-order valence-corrected chi connectivity index (χ2v) is 3.78. The number of halogens is 3. The standard InChI is InChI=1S/C13H11F3O4/c1-3-20-5-7(13(18)19)12(17)10-6(2)11(16)9(15)4-8(10)14/h4-5H,3H2,1-2H3,(H,18,19)/b7-5-. The third-order valence-corrected chi connectivity index (χ3v) is 2.48. The van der Waals surface area contributed by atoms with E-state index in [0.29, 0.717) is 6.26 Å². The highest BCUT2D eigenvalue weighted by molar-refractivity contribution is 6.24. The number of hydrogen-bond donors (Lipinski definition) is 1. The highest BCUT2D eigenvalue weighted by Crippen LogP contribution is 2.22. The molecule has 1 N–H and O–H groups in total. The zero-order valence-electron chi connectivity index (χ0n) is 10.7. The number of hydrogen-bond acceptors (Lipinski definition) is 3. The molecule has 0 radical (unpaired) electrons. The van der Waals surface area contributed by atoms with Gasteiger partial charge in [-0.3, -0.25) is 4.79 Å². The lowest BCUT2D eigenvalue weighted by Crippen LogP contribution is -2.17. The molecule has 0 fully saturated rings. The number of carboxylic acids is 1. The highest BCUT2D eigenvalue weighted by atomic mass is 19.2. The molecule has 0 saturated heterocycles. The van der Waals surface area contributed by atoms with Crippen LogP contribution in [-0.2, 0) is 9.53 Å². The number of carbonyl (C=O) groups excluding carboxylic acids is 1. The van der Waals surface area contributed by atoms with Crippen molar-refractivity contribution in [3.63, 3.8) is 0 Å². The van der Waals surface area contributed by atoms with Gasteiger partial charge in [-0.2, -0.15) is 0 Å². The summed E-state index contributed by atoms with van der Waals surface area (Å²) < 4.78 is 44.6. The molecule has 0 spiro atoms. The molecule has 20 heavy (non-hydrogen) atoms. The largest absolute Gasteiger partial charge is 0.500 e. The zero-order chi connectivity index (χ0) is 15.4. The van der Waals surface area contributed by atoms with Crippen LogP contribution in [0.15, 0.2) is 17.9 Å². The summed E-state index contributed by atoms with van der Waals surface area (Å²) in [6.45, 7) is 2.61. The van der Waals surface area contributed by atoms with Crippen LogP contribution in [0.3, 0.4) is 0 Å². The van der Waals surface area contributed by atoms with Crippen LogP contribution in [0, 0.1) is 24.4 Å². The molecule has 0 aliphatic rings. The maximum atomic E-state index is 13.6. The van der Waals surface area contributed by atoms with Crippen molar-refractivity contribution in [2.45, 2.75) is 13.8 Å². The van der Waals surface area contributed by atoms with Crippen molar-refractivity contribution in [3.8, 4) is 0 Å². The average molecular weight is 288 g/mol. The predicted octanol–water partition coefficient (Wildman–Crippen LogP) is 2.60. The van der Waals surface area contributed by atoms with Gasteiger partial charge >= 0.3 is 5.97 Å². The van der Waals surface area contributed by atoms with Gasteiger partial charge in [-0.15, -0.1) is 0 Å². The lowest BCUT2D eigenvalue weighted by atomic mass is 9.98. The van der Waals surface area contributed by atoms with Crippen LogP contribution < -0.4 is 0 Å².